The summed E-state index contributed by atoms with van der Waals surface area (Å²) < 4.78 is 3.67. The Bertz CT molecular complexity index is 1330. The molecule has 0 fully saturated rings. The highest BCUT2D eigenvalue weighted by molar-refractivity contribution is 7.99. The molecule has 1 aliphatic rings. The van der Waals surface area contributed by atoms with Gasteiger partial charge in [0.15, 0.2) is 0 Å². The lowest BCUT2D eigenvalue weighted by Gasteiger charge is -2.19. The minimum Gasteiger partial charge on any atom is -0.369 e. The maximum absolute atomic E-state index is 12.8. The minimum atomic E-state index is -0.151. The predicted octanol–water partition coefficient (Wildman–Crippen LogP) is 4.51. The highest BCUT2D eigenvalue weighted by Gasteiger charge is 2.31. The number of benzene rings is 1. The zero-order valence-corrected chi connectivity index (χ0v) is 20.3. The monoisotopic (exact) mass is 473 g/mol. The zero-order chi connectivity index (χ0) is 23.7. The Hall–Kier alpha value is -3.59. The first-order valence-electron chi connectivity index (χ1n) is 11.3. The van der Waals surface area contributed by atoms with Gasteiger partial charge in [0.05, 0.1) is 17.1 Å². The van der Waals surface area contributed by atoms with Crippen molar-refractivity contribution in [3.05, 3.63) is 77.1 Å². The van der Waals surface area contributed by atoms with Gasteiger partial charge < -0.3 is 10.6 Å². The summed E-state index contributed by atoms with van der Waals surface area (Å²) in [5.74, 6) is 2.53. The summed E-state index contributed by atoms with van der Waals surface area (Å²) in [5, 5.41) is 15.6. The summed E-state index contributed by atoms with van der Waals surface area (Å²) >= 11 is 1.89. The molecule has 1 unspecified atom stereocenters. The topological polar surface area (TPSA) is 89.7 Å². The fourth-order valence-corrected chi connectivity index (χ4v) is 5.59. The molecule has 1 aliphatic heterocycles. The number of carbonyl (C=O) groups is 1. The number of aromatic nitrogens is 5. The molecule has 1 aromatic carbocycles. The largest absolute Gasteiger partial charge is 0.369 e. The number of anilines is 2. The highest BCUT2D eigenvalue weighted by atomic mass is 32.2. The van der Waals surface area contributed by atoms with Crippen LogP contribution in [0, 0.1) is 6.92 Å². The molecule has 1 amide bonds. The fraction of sp³-hybridized carbons (Fsp3) is 0.280. The Morgan fingerprint density at radius 2 is 2.12 bits per heavy atom. The van der Waals surface area contributed by atoms with E-state index in [1.165, 1.54) is 5.56 Å². The molecule has 2 N–H and O–H groups in total. The van der Waals surface area contributed by atoms with Crippen LogP contribution in [-0.4, -0.2) is 42.7 Å². The summed E-state index contributed by atoms with van der Waals surface area (Å²) in [6.07, 6.45) is 3.47. The number of hydrogen-bond donors (Lipinski definition) is 2. The van der Waals surface area contributed by atoms with Crippen LogP contribution in [-0.2, 0) is 13.6 Å². The average Bonchev–Trinajstić information content (AvgIpc) is 3.35. The molecule has 5 rings (SSSR count). The number of amides is 1. The standard InChI is InChI=1S/C25H27N7OS/c1-4-32-24-21(22(30-32)19-7-5-6-11-26-19)23(34-14-13-27-24)18-9-8-17(15-16(18)2)25(33)29-20-10-12-28-31(20)3/h5-12,15,23,27H,4,13-14H2,1-3H3,(H,29,33). The second-order valence-electron chi connectivity index (χ2n) is 8.18. The Kier molecular flexibility index (Phi) is 6.10. The van der Waals surface area contributed by atoms with Gasteiger partial charge in [0, 0.05) is 49.3 Å². The number of hydrogen-bond acceptors (Lipinski definition) is 6. The van der Waals surface area contributed by atoms with Crippen LogP contribution in [0.1, 0.15) is 39.2 Å². The molecule has 8 nitrogen and oxygen atoms in total. The van der Waals surface area contributed by atoms with E-state index >= 15 is 0 Å². The van der Waals surface area contributed by atoms with Crippen molar-refractivity contribution in [3.8, 4) is 11.4 Å². The third kappa shape index (κ3) is 4.07. The second kappa shape index (κ2) is 9.34. The van der Waals surface area contributed by atoms with Crippen LogP contribution < -0.4 is 10.6 Å². The second-order valence-corrected chi connectivity index (χ2v) is 9.40. The molecule has 1 atom stereocenters. The normalized spacial score (nSPS) is 15.3. The molecule has 4 heterocycles. The Morgan fingerprint density at radius 1 is 1.24 bits per heavy atom. The molecule has 34 heavy (non-hydrogen) atoms. The van der Waals surface area contributed by atoms with Crippen molar-refractivity contribution in [1.82, 2.24) is 24.5 Å². The lowest BCUT2D eigenvalue weighted by atomic mass is 9.96. The van der Waals surface area contributed by atoms with E-state index < -0.39 is 0 Å². The molecule has 9 heteroatoms. The summed E-state index contributed by atoms with van der Waals surface area (Å²) in [6.45, 7) is 5.81. The van der Waals surface area contributed by atoms with Crippen LogP contribution >= 0.6 is 11.8 Å². The van der Waals surface area contributed by atoms with Crippen molar-refractivity contribution in [2.75, 3.05) is 22.9 Å². The van der Waals surface area contributed by atoms with Crippen LogP contribution in [0.25, 0.3) is 11.4 Å². The van der Waals surface area contributed by atoms with Gasteiger partial charge in [0.2, 0.25) is 0 Å². The fourth-order valence-electron chi connectivity index (χ4n) is 4.30. The first-order chi connectivity index (χ1) is 16.6. The van der Waals surface area contributed by atoms with Crippen molar-refractivity contribution >= 4 is 29.3 Å². The summed E-state index contributed by atoms with van der Waals surface area (Å²) in [7, 11) is 1.80. The van der Waals surface area contributed by atoms with E-state index in [2.05, 4.69) is 40.6 Å². The first-order valence-corrected chi connectivity index (χ1v) is 12.4. The molecule has 0 bridgehead atoms. The van der Waals surface area contributed by atoms with Gasteiger partial charge >= 0.3 is 0 Å². The van der Waals surface area contributed by atoms with Crippen molar-refractivity contribution in [3.63, 3.8) is 0 Å². The van der Waals surface area contributed by atoms with Gasteiger partial charge in [-0.3, -0.25) is 14.5 Å². The van der Waals surface area contributed by atoms with Crippen LogP contribution in [0.3, 0.4) is 0 Å². The predicted molar refractivity (Wildman–Crippen MR) is 136 cm³/mol. The van der Waals surface area contributed by atoms with E-state index in [0.717, 1.165) is 47.2 Å². The third-order valence-electron chi connectivity index (χ3n) is 6.01. The van der Waals surface area contributed by atoms with Crippen molar-refractivity contribution in [2.24, 2.45) is 7.05 Å². The van der Waals surface area contributed by atoms with Gasteiger partial charge in [-0.2, -0.15) is 10.2 Å². The highest BCUT2D eigenvalue weighted by Crippen LogP contribution is 2.46. The van der Waals surface area contributed by atoms with Crippen molar-refractivity contribution < 1.29 is 4.79 Å². The van der Waals surface area contributed by atoms with Gasteiger partial charge in [0.1, 0.15) is 17.3 Å². The lowest BCUT2D eigenvalue weighted by Crippen LogP contribution is -2.15. The summed E-state index contributed by atoms with van der Waals surface area (Å²) in [6, 6.07) is 13.6. The first kappa shape index (κ1) is 22.2. The van der Waals surface area contributed by atoms with Crippen molar-refractivity contribution in [2.45, 2.75) is 25.6 Å². The number of fused-ring (bicyclic) bond motifs is 1. The Balaban J connectivity index is 1.54. The number of nitrogens with one attached hydrogen (secondary N) is 2. The number of aryl methyl sites for hydroxylation is 3. The van der Waals surface area contributed by atoms with Crippen LogP contribution in [0.5, 0.6) is 0 Å². The van der Waals surface area contributed by atoms with Gasteiger partial charge in [0.25, 0.3) is 5.91 Å². The molecule has 0 saturated heterocycles. The van der Waals surface area contributed by atoms with E-state index in [1.54, 1.807) is 30.2 Å². The SMILES string of the molecule is CCn1nc(-c2ccccn2)c2c1NCCSC2c1ccc(C(=O)Nc2ccnn2C)cc1C. The lowest BCUT2D eigenvalue weighted by molar-refractivity contribution is 0.102. The number of thioether (sulfide) groups is 1. The molecular formula is C25H27N7OS. The van der Waals surface area contributed by atoms with E-state index in [0.29, 0.717) is 11.4 Å². The zero-order valence-electron chi connectivity index (χ0n) is 19.4. The number of pyridine rings is 1. The number of rotatable bonds is 5. The smallest absolute Gasteiger partial charge is 0.256 e. The van der Waals surface area contributed by atoms with E-state index in [1.807, 2.05) is 46.8 Å². The van der Waals surface area contributed by atoms with Crippen LogP contribution in [0.2, 0.25) is 0 Å². The number of nitrogens with zero attached hydrogens (tertiary/aromatic N) is 5. The van der Waals surface area contributed by atoms with Crippen LogP contribution in [0.4, 0.5) is 11.6 Å². The average molecular weight is 474 g/mol. The minimum absolute atomic E-state index is 0.0801. The molecule has 4 aromatic rings. The maximum Gasteiger partial charge on any atom is 0.256 e. The number of carbonyl (C=O) groups excluding carboxylic acids is 1. The third-order valence-corrected chi connectivity index (χ3v) is 7.28. The molecule has 0 spiro atoms. The molecular weight excluding hydrogens is 446 g/mol. The molecule has 3 aromatic heterocycles. The van der Waals surface area contributed by atoms with Crippen molar-refractivity contribution in [1.29, 1.82) is 0 Å². The molecule has 0 aliphatic carbocycles. The quantitative estimate of drug-likeness (QED) is 0.443. The van der Waals surface area contributed by atoms with Gasteiger partial charge in [-0.1, -0.05) is 12.1 Å². The van der Waals surface area contributed by atoms with Gasteiger partial charge in [-0.15, -0.1) is 11.8 Å². The van der Waals surface area contributed by atoms with E-state index in [4.69, 9.17) is 5.10 Å². The Labute approximate surface area is 202 Å². The Morgan fingerprint density at radius 3 is 2.82 bits per heavy atom. The molecule has 174 valence electrons. The summed E-state index contributed by atoms with van der Waals surface area (Å²) in [4.78, 5) is 17.4. The molecule has 0 saturated carbocycles. The summed E-state index contributed by atoms with van der Waals surface area (Å²) in [5.41, 5.74) is 5.79. The van der Waals surface area contributed by atoms with Crippen LogP contribution in [0.15, 0.2) is 54.9 Å². The van der Waals surface area contributed by atoms with Gasteiger partial charge in [-0.25, -0.2) is 4.68 Å². The molecule has 0 radical (unpaired) electrons. The van der Waals surface area contributed by atoms with Gasteiger partial charge in [-0.05, 0) is 49.2 Å². The van der Waals surface area contributed by atoms with E-state index in [-0.39, 0.29) is 11.2 Å². The maximum atomic E-state index is 12.8. The van der Waals surface area contributed by atoms with E-state index in [9.17, 15) is 4.79 Å².